The topological polar surface area (TPSA) is 91.6 Å². The summed E-state index contributed by atoms with van der Waals surface area (Å²) in [6, 6.07) is 22.0. The molecule has 8 heteroatoms. The molecule has 1 aliphatic heterocycles. The number of nitrogens with one attached hydrogen (secondary N) is 1. The molecule has 36 heavy (non-hydrogen) atoms. The van der Waals surface area contributed by atoms with Gasteiger partial charge >= 0.3 is 5.97 Å². The number of carboxylic acids is 1. The first-order chi connectivity index (χ1) is 17.2. The zero-order chi connectivity index (χ0) is 25.6. The Hall–Kier alpha value is -4.56. The zero-order valence-corrected chi connectivity index (χ0v) is 20.3. The van der Waals surface area contributed by atoms with Crippen LogP contribution in [0.25, 0.3) is 22.5 Å². The number of anilines is 1. The predicted octanol–water partition coefficient (Wildman–Crippen LogP) is 4.78. The largest absolute Gasteiger partial charge is 0.478 e. The Morgan fingerprint density at radius 1 is 0.917 bits per heavy atom. The smallest absolute Gasteiger partial charge is 0.335 e. The Labute approximate surface area is 212 Å². The normalized spacial score (nSPS) is 15.0. The summed E-state index contributed by atoms with van der Waals surface area (Å²) in [6.45, 7) is 3.91. The third-order valence-corrected chi connectivity index (χ3v) is 6.52. The Kier molecular flexibility index (Phi) is 5.74. The molecule has 5 rings (SSSR count). The highest BCUT2D eigenvalue weighted by Gasteiger charge is 2.34. The summed E-state index contributed by atoms with van der Waals surface area (Å²) in [4.78, 5) is 38.5. The van der Waals surface area contributed by atoms with Crippen molar-refractivity contribution < 1.29 is 19.5 Å². The van der Waals surface area contributed by atoms with Gasteiger partial charge < -0.3 is 9.67 Å². The lowest BCUT2D eigenvalue weighted by atomic mass is 10.1. The van der Waals surface area contributed by atoms with Crippen molar-refractivity contribution in [3.05, 3.63) is 101 Å². The van der Waals surface area contributed by atoms with Crippen molar-refractivity contribution in [1.82, 2.24) is 9.88 Å². The van der Waals surface area contributed by atoms with Crippen LogP contribution in [-0.4, -0.2) is 32.6 Å². The first kappa shape index (κ1) is 23.2. The van der Waals surface area contributed by atoms with E-state index in [0.717, 1.165) is 33.4 Å². The van der Waals surface area contributed by atoms with Crippen molar-refractivity contribution in [3.8, 4) is 5.69 Å². The zero-order valence-electron chi connectivity index (χ0n) is 19.5. The molecular weight excluding hydrogens is 474 g/mol. The first-order valence-electron chi connectivity index (χ1n) is 11.2. The highest BCUT2D eigenvalue weighted by Crippen LogP contribution is 2.27. The molecule has 0 saturated carbocycles. The summed E-state index contributed by atoms with van der Waals surface area (Å²) >= 11 is 5.24. The molecular formula is C28H21N3O4S. The number of amides is 2. The van der Waals surface area contributed by atoms with Gasteiger partial charge in [-0.3, -0.25) is 19.8 Å². The van der Waals surface area contributed by atoms with Gasteiger partial charge in [-0.2, -0.15) is 0 Å². The van der Waals surface area contributed by atoms with Crippen LogP contribution < -0.4 is 10.2 Å². The second-order valence-electron chi connectivity index (χ2n) is 8.50. The van der Waals surface area contributed by atoms with Gasteiger partial charge in [0.2, 0.25) is 0 Å². The predicted molar refractivity (Wildman–Crippen MR) is 142 cm³/mol. The molecule has 1 saturated heterocycles. The molecule has 4 aromatic rings. The quantitative estimate of drug-likeness (QED) is 0.242. The number of rotatable bonds is 4. The van der Waals surface area contributed by atoms with Gasteiger partial charge in [-0.1, -0.05) is 30.3 Å². The Morgan fingerprint density at radius 3 is 2.28 bits per heavy atom. The van der Waals surface area contributed by atoms with E-state index < -0.39 is 17.8 Å². The summed E-state index contributed by atoms with van der Waals surface area (Å²) in [5.41, 5.74) is 3.92. The molecule has 0 bridgehead atoms. The van der Waals surface area contributed by atoms with Crippen molar-refractivity contribution >= 4 is 57.6 Å². The van der Waals surface area contributed by atoms with E-state index in [4.69, 9.17) is 17.3 Å². The number of carbonyl (C=O) groups is 3. The summed E-state index contributed by atoms with van der Waals surface area (Å²) in [6.07, 6.45) is 1.57. The summed E-state index contributed by atoms with van der Waals surface area (Å²) in [5, 5.41) is 13.9. The van der Waals surface area contributed by atoms with Crippen LogP contribution in [0.5, 0.6) is 0 Å². The number of benzene rings is 3. The number of hydrogen-bond donors (Lipinski definition) is 2. The van der Waals surface area contributed by atoms with Gasteiger partial charge in [0, 0.05) is 17.1 Å². The van der Waals surface area contributed by atoms with E-state index in [2.05, 4.69) is 34.1 Å². The van der Waals surface area contributed by atoms with E-state index in [1.807, 2.05) is 38.1 Å². The molecule has 1 aliphatic rings. The van der Waals surface area contributed by atoms with Crippen molar-refractivity contribution in [2.45, 2.75) is 13.8 Å². The maximum absolute atomic E-state index is 13.4. The van der Waals surface area contributed by atoms with Crippen molar-refractivity contribution in [2.75, 3.05) is 4.90 Å². The van der Waals surface area contributed by atoms with Crippen LogP contribution in [0.1, 0.15) is 27.3 Å². The molecule has 0 radical (unpaired) electrons. The minimum atomic E-state index is -1.08. The van der Waals surface area contributed by atoms with Crippen LogP contribution in [0, 0.1) is 13.8 Å². The average Bonchev–Trinajstić information content (AvgIpc) is 3.14. The van der Waals surface area contributed by atoms with Gasteiger partial charge in [-0.15, -0.1) is 0 Å². The molecule has 2 N–H and O–H groups in total. The van der Waals surface area contributed by atoms with Gasteiger partial charge in [-0.25, -0.2) is 4.79 Å². The Bertz CT molecular complexity index is 1620. The van der Waals surface area contributed by atoms with Gasteiger partial charge in [0.1, 0.15) is 5.57 Å². The molecule has 3 aromatic carbocycles. The van der Waals surface area contributed by atoms with E-state index in [9.17, 15) is 14.4 Å². The van der Waals surface area contributed by atoms with Crippen molar-refractivity contribution in [1.29, 1.82) is 0 Å². The number of nitrogens with zero attached hydrogens (tertiary/aromatic N) is 2. The summed E-state index contributed by atoms with van der Waals surface area (Å²) < 4.78 is 2.08. The SMILES string of the molecule is Cc1cc(/C=C2\C(=O)NC(=S)N(c3ccc(C(=O)O)cc3)C2=O)c(C)n1-c1ccc2ccccc2c1. The van der Waals surface area contributed by atoms with Crippen LogP contribution in [0.3, 0.4) is 0 Å². The molecule has 0 atom stereocenters. The third-order valence-electron chi connectivity index (χ3n) is 6.24. The van der Waals surface area contributed by atoms with E-state index in [1.165, 1.54) is 29.2 Å². The highest BCUT2D eigenvalue weighted by molar-refractivity contribution is 7.80. The fourth-order valence-electron chi connectivity index (χ4n) is 4.45. The number of aryl methyl sites for hydroxylation is 1. The minimum Gasteiger partial charge on any atom is -0.478 e. The van der Waals surface area contributed by atoms with E-state index >= 15 is 0 Å². The monoisotopic (exact) mass is 495 g/mol. The number of aromatic nitrogens is 1. The maximum Gasteiger partial charge on any atom is 0.335 e. The number of hydrogen-bond acceptors (Lipinski definition) is 4. The van der Waals surface area contributed by atoms with E-state index in [-0.39, 0.29) is 16.2 Å². The Morgan fingerprint density at radius 2 is 1.58 bits per heavy atom. The average molecular weight is 496 g/mol. The standard InChI is InChI=1S/C28H21N3O4S/c1-16-13-21(17(2)30(16)23-12-7-18-5-3-4-6-20(18)14-23)15-24-25(32)29-28(36)31(26(24)33)22-10-8-19(9-11-22)27(34)35/h3-15H,1-2H3,(H,34,35)(H,29,32,36)/b24-15+. The number of carboxylic acid groups (broad SMARTS) is 1. The fraction of sp³-hybridized carbons (Fsp3) is 0.0714. The van der Waals surface area contributed by atoms with Crippen LogP contribution in [0.4, 0.5) is 5.69 Å². The Balaban J connectivity index is 1.53. The number of thiocarbonyl (C=S) groups is 1. The maximum atomic E-state index is 13.4. The molecule has 7 nitrogen and oxygen atoms in total. The number of carbonyl (C=O) groups excluding carboxylic acids is 2. The van der Waals surface area contributed by atoms with Gasteiger partial charge in [-0.05, 0) is 90.9 Å². The van der Waals surface area contributed by atoms with Gasteiger partial charge in [0.25, 0.3) is 11.8 Å². The van der Waals surface area contributed by atoms with Gasteiger partial charge in [0.15, 0.2) is 5.11 Å². The minimum absolute atomic E-state index is 0.0631. The molecule has 2 amide bonds. The lowest BCUT2D eigenvalue weighted by Gasteiger charge is -2.29. The van der Waals surface area contributed by atoms with Crippen LogP contribution in [-0.2, 0) is 9.59 Å². The molecule has 2 heterocycles. The van der Waals surface area contributed by atoms with Gasteiger partial charge in [0.05, 0.1) is 11.3 Å². The lowest BCUT2D eigenvalue weighted by Crippen LogP contribution is -2.54. The molecule has 0 spiro atoms. The lowest BCUT2D eigenvalue weighted by molar-refractivity contribution is -0.122. The molecule has 1 aromatic heterocycles. The first-order valence-corrected chi connectivity index (χ1v) is 11.6. The molecule has 1 fully saturated rings. The van der Waals surface area contributed by atoms with Crippen LogP contribution >= 0.6 is 12.2 Å². The molecule has 0 aliphatic carbocycles. The molecule has 0 unspecified atom stereocenters. The van der Waals surface area contributed by atoms with E-state index in [0.29, 0.717) is 5.69 Å². The van der Waals surface area contributed by atoms with Crippen molar-refractivity contribution in [2.24, 2.45) is 0 Å². The number of aromatic carboxylic acids is 1. The summed E-state index contributed by atoms with van der Waals surface area (Å²) in [7, 11) is 0. The van der Waals surface area contributed by atoms with E-state index in [1.54, 1.807) is 6.08 Å². The van der Waals surface area contributed by atoms with Crippen LogP contribution in [0.2, 0.25) is 0 Å². The van der Waals surface area contributed by atoms with Crippen LogP contribution in [0.15, 0.2) is 78.4 Å². The second kappa shape index (κ2) is 8.90. The second-order valence-corrected chi connectivity index (χ2v) is 8.89. The number of fused-ring (bicyclic) bond motifs is 1. The molecule has 178 valence electrons. The highest BCUT2D eigenvalue weighted by atomic mass is 32.1. The summed E-state index contributed by atoms with van der Waals surface area (Å²) in [5.74, 6) is -2.24. The third kappa shape index (κ3) is 3.97. The fourth-order valence-corrected chi connectivity index (χ4v) is 4.73. The van der Waals surface area contributed by atoms with Crippen molar-refractivity contribution in [3.63, 3.8) is 0 Å².